The summed E-state index contributed by atoms with van der Waals surface area (Å²) in [5.41, 5.74) is 3.22. The van der Waals surface area contributed by atoms with Gasteiger partial charge in [-0.2, -0.15) is 0 Å². The third-order valence-electron chi connectivity index (χ3n) is 6.20. The van der Waals surface area contributed by atoms with E-state index in [9.17, 15) is 9.59 Å². The molecule has 3 aromatic rings. The van der Waals surface area contributed by atoms with Crippen LogP contribution in [0.2, 0.25) is 0 Å². The molecule has 1 saturated heterocycles. The van der Waals surface area contributed by atoms with Gasteiger partial charge in [-0.15, -0.1) is 0 Å². The molecular weight excluding hydrogens is 392 g/mol. The zero-order chi connectivity index (χ0) is 21.4. The number of amides is 2. The highest BCUT2D eigenvalue weighted by Gasteiger charge is 2.30. The molecule has 2 amide bonds. The number of para-hydroxylation sites is 3. The molecule has 31 heavy (non-hydrogen) atoms. The third-order valence-corrected chi connectivity index (χ3v) is 6.20. The fourth-order valence-electron chi connectivity index (χ4n) is 4.51. The number of carbonyl (C=O) groups excluding carboxylic acids is 2. The molecule has 0 radical (unpaired) electrons. The number of piperazine rings is 1. The largest absolute Gasteiger partial charge is 0.482 e. The Balaban J connectivity index is 1.21. The van der Waals surface area contributed by atoms with E-state index in [1.165, 1.54) is 16.5 Å². The molecule has 0 spiro atoms. The molecule has 2 aliphatic rings. The van der Waals surface area contributed by atoms with Crippen LogP contribution in [0.3, 0.4) is 0 Å². The Morgan fingerprint density at radius 1 is 1.00 bits per heavy atom. The quantitative estimate of drug-likeness (QED) is 0.652. The number of hydrogen-bond donors (Lipinski definition) is 0. The Morgan fingerprint density at radius 3 is 2.58 bits per heavy atom. The summed E-state index contributed by atoms with van der Waals surface area (Å²) < 4.78 is 7.64. The molecule has 0 N–H and O–H groups in total. The number of rotatable bonds is 4. The van der Waals surface area contributed by atoms with Crippen LogP contribution in [-0.4, -0.2) is 65.5 Å². The van der Waals surface area contributed by atoms with Gasteiger partial charge in [0.15, 0.2) is 6.61 Å². The highest BCUT2D eigenvalue weighted by molar-refractivity contribution is 6.02. The minimum Gasteiger partial charge on any atom is -0.482 e. The van der Waals surface area contributed by atoms with Gasteiger partial charge in [-0.25, -0.2) is 0 Å². The molecule has 7 heteroatoms. The van der Waals surface area contributed by atoms with Crippen LogP contribution >= 0.6 is 0 Å². The van der Waals surface area contributed by atoms with Gasteiger partial charge in [0.05, 0.1) is 5.69 Å². The zero-order valence-corrected chi connectivity index (χ0v) is 17.7. The maximum Gasteiger partial charge on any atom is 0.265 e. The average molecular weight is 418 g/mol. The van der Waals surface area contributed by atoms with Crippen LogP contribution in [0.4, 0.5) is 5.69 Å². The number of carbonyl (C=O) groups is 2. The van der Waals surface area contributed by atoms with Crippen molar-refractivity contribution in [3.8, 4) is 5.75 Å². The fourth-order valence-corrected chi connectivity index (χ4v) is 4.51. The van der Waals surface area contributed by atoms with E-state index < -0.39 is 0 Å². The first kappa shape index (κ1) is 19.6. The number of benzene rings is 2. The van der Waals surface area contributed by atoms with Crippen LogP contribution in [0.1, 0.15) is 5.56 Å². The second kappa shape index (κ2) is 8.07. The molecule has 0 aliphatic carbocycles. The number of hydrogen-bond acceptors (Lipinski definition) is 4. The van der Waals surface area contributed by atoms with E-state index in [2.05, 4.69) is 47.0 Å². The number of aryl methyl sites for hydroxylation is 1. The number of fused-ring (bicyclic) bond motifs is 2. The number of nitrogens with zero attached hydrogens (tertiary/aromatic N) is 4. The Labute approximate surface area is 181 Å². The standard InChI is InChI=1S/C24H26N4O3/c1-25-14-18(19-6-2-3-7-20(19)25)15-26-10-12-27(13-11-26)23(29)16-28-21-8-4-5-9-22(21)31-17-24(28)30/h2-9,14H,10-13,15-17H2,1H3. The summed E-state index contributed by atoms with van der Waals surface area (Å²) in [7, 11) is 2.08. The second-order valence-corrected chi connectivity index (χ2v) is 8.18. The second-order valence-electron chi connectivity index (χ2n) is 8.18. The summed E-state index contributed by atoms with van der Waals surface area (Å²) in [5.74, 6) is 0.450. The van der Waals surface area contributed by atoms with Crippen LogP contribution in [0.5, 0.6) is 5.75 Å². The molecule has 0 saturated carbocycles. The molecule has 3 heterocycles. The molecular formula is C24H26N4O3. The molecule has 0 unspecified atom stereocenters. The van der Waals surface area contributed by atoms with Crippen molar-refractivity contribution in [3.63, 3.8) is 0 Å². The van der Waals surface area contributed by atoms with Crippen molar-refractivity contribution in [1.29, 1.82) is 0 Å². The van der Waals surface area contributed by atoms with Gasteiger partial charge in [-0.3, -0.25) is 19.4 Å². The number of ether oxygens (including phenoxy) is 1. The Kier molecular flexibility index (Phi) is 5.11. The van der Waals surface area contributed by atoms with E-state index in [0.717, 1.165) is 19.6 Å². The Hall–Kier alpha value is -3.32. The molecule has 2 aromatic carbocycles. The highest BCUT2D eigenvalue weighted by atomic mass is 16.5. The van der Waals surface area contributed by atoms with Crippen molar-refractivity contribution in [2.24, 2.45) is 7.05 Å². The van der Waals surface area contributed by atoms with Crippen LogP contribution in [0.15, 0.2) is 54.7 Å². The van der Waals surface area contributed by atoms with E-state index in [1.54, 1.807) is 4.90 Å². The highest BCUT2D eigenvalue weighted by Crippen LogP contribution is 2.31. The van der Waals surface area contributed by atoms with E-state index in [1.807, 2.05) is 29.2 Å². The molecule has 0 bridgehead atoms. The van der Waals surface area contributed by atoms with E-state index in [4.69, 9.17) is 4.74 Å². The minimum atomic E-state index is -0.179. The molecule has 1 fully saturated rings. The fraction of sp³-hybridized carbons (Fsp3) is 0.333. The van der Waals surface area contributed by atoms with Gasteiger partial charge in [-0.1, -0.05) is 30.3 Å². The van der Waals surface area contributed by atoms with Gasteiger partial charge in [0.25, 0.3) is 5.91 Å². The molecule has 0 atom stereocenters. The average Bonchev–Trinajstić information content (AvgIpc) is 3.11. The van der Waals surface area contributed by atoms with Crippen molar-refractivity contribution < 1.29 is 14.3 Å². The van der Waals surface area contributed by atoms with Gasteiger partial charge in [0.2, 0.25) is 5.91 Å². The number of anilines is 1. The van der Waals surface area contributed by atoms with Crippen LogP contribution < -0.4 is 9.64 Å². The van der Waals surface area contributed by atoms with Gasteiger partial charge in [-0.05, 0) is 23.8 Å². The lowest BCUT2D eigenvalue weighted by Crippen LogP contribution is -2.52. The van der Waals surface area contributed by atoms with E-state index in [-0.39, 0.29) is 25.0 Å². The molecule has 160 valence electrons. The van der Waals surface area contributed by atoms with Gasteiger partial charge in [0.1, 0.15) is 12.3 Å². The SMILES string of the molecule is Cn1cc(CN2CCN(C(=O)CN3C(=O)COc4ccccc43)CC2)c2ccccc21. The van der Waals surface area contributed by atoms with Crippen LogP contribution in [0.25, 0.3) is 10.9 Å². The summed E-state index contributed by atoms with van der Waals surface area (Å²) in [4.78, 5) is 31.1. The van der Waals surface area contributed by atoms with Crippen LogP contribution in [-0.2, 0) is 23.2 Å². The predicted molar refractivity (Wildman–Crippen MR) is 119 cm³/mol. The van der Waals surface area contributed by atoms with E-state index in [0.29, 0.717) is 24.5 Å². The van der Waals surface area contributed by atoms with Gasteiger partial charge < -0.3 is 14.2 Å². The lowest BCUT2D eigenvalue weighted by Gasteiger charge is -2.36. The van der Waals surface area contributed by atoms with Crippen molar-refractivity contribution >= 4 is 28.4 Å². The van der Waals surface area contributed by atoms with Crippen LogP contribution in [0, 0.1) is 0 Å². The Bertz CT molecular complexity index is 1130. The normalized spacial score (nSPS) is 17.0. The molecule has 2 aliphatic heterocycles. The zero-order valence-electron chi connectivity index (χ0n) is 17.7. The molecule has 5 rings (SSSR count). The lowest BCUT2D eigenvalue weighted by atomic mass is 10.1. The Morgan fingerprint density at radius 2 is 1.74 bits per heavy atom. The number of aromatic nitrogens is 1. The van der Waals surface area contributed by atoms with Gasteiger partial charge in [0, 0.05) is 56.9 Å². The van der Waals surface area contributed by atoms with Crippen molar-refractivity contribution in [1.82, 2.24) is 14.4 Å². The van der Waals surface area contributed by atoms with E-state index >= 15 is 0 Å². The summed E-state index contributed by atoms with van der Waals surface area (Å²) in [6.45, 7) is 3.89. The van der Waals surface area contributed by atoms with Crippen molar-refractivity contribution in [3.05, 3.63) is 60.3 Å². The van der Waals surface area contributed by atoms with Gasteiger partial charge >= 0.3 is 0 Å². The summed E-state index contributed by atoms with van der Waals surface area (Å²) in [6, 6.07) is 15.8. The first-order valence-corrected chi connectivity index (χ1v) is 10.7. The maximum atomic E-state index is 12.9. The topological polar surface area (TPSA) is 58.0 Å². The lowest BCUT2D eigenvalue weighted by molar-refractivity contribution is -0.133. The minimum absolute atomic E-state index is 0.0186. The molecule has 7 nitrogen and oxygen atoms in total. The first-order valence-electron chi connectivity index (χ1n) is 10.7. The smallest absolute Gasteiger partial charge is 0.265 e. The first-order chi connectivity index (χ1) is 15.1. The maximum absolute atomic E-state index is 12.9. The predicted octanol–water partition coefficient (Wildman–Crippen LogP) is 2.25. The summed E-state index contributed by atoms with van der Waals surface area (Å²) in [5, 5.41) is 1.29. The van der Waals surface area contributed by atoms with Crippen molar-refractivity contribution in [2.45, 2.75) is 6.54 Å². The summed E-state index contributed by atoms with van der Waals surface area (Å²) in [6.07, 6.45) is 2.20. The molecule has 1 aromatic heterocycles. The summed E-state index contributed by atoms with van der Waals surface area (Å²) >= 11 is 0. The van der Waals surface area contributed by atoms with Crippen molar-refractivity contribution in [2.75, 3.05) is 44.2 Å². The monoisotopic (exact) mass is 418 g/mol. The third kappa shape index (κ3) is 3.77.